The first-order valence-corrected chi connectivity index (χ1v) is 8.03. The maximum atomic E-state index is 5.60. The van der Waals surface area contributed by atoms with Gasteiger partial charge in [0.15, 0.2) is 5.11 Å². The van der Waals surface area contributed by atoms with Gasteiger partial charge in [-0.25, -0.2) is 0 Å². The van der Waals surface area contributed by atoms with Gasteiger partial charge in [-0.2, -0.15) is 0 Å². The third-order valence-electron chi connectivity index (χ3n) is 4.81. The summed E-state index contributed by atoms with van der Waals surface area (Å²) in [4.78, 5) is 5.08. The molecule has 1 unspecified atom stereocenters. The van der Waals surface area contributed by atoms with E-state index < -0.39 is 0 Å². The summed E-state index contributed by atoms with van der Waals surface area (Å²) in [7, 11) is 0. The summed E-state index contributed by atoms with van der Waals surface area (Å²) in [6.07, 6.45) is 9.52. The van der Waals surface area contributed by atoms with Crippen molar-refractivity contribution in [3.05, 3.63) is 0 Å². The van der Waals surface area contributed by atoms with Crippen LogP contribution >= 0.6 is 12.2 Å². The Morgan fingerprint density at radius 2 is 1.72 bits per heavy atom. The fourth-order valence-electron chi connectivity index (χ4n) is 3.68. The number of nitrogens with zero attached hydrogens (tertiary/aromatic N) is 2. The standard InChI is InChI=1S/C14H25N3S/c18-14(15-12-5-1-2-6-12)17-10-9-16-8-4-3-7-13(16)11-17/h12-13H,1-11H2,(H,15,18). The second-order valence-electron chi connectivity index (χ2n) is 6.06. The SMILES string of the molecule is S=C(NC1CCCC1)N1CCN2CCCCC2C1. The molecule has 3 aliphatic rings. The van der Waals surface area contributed by atoms with E-state index in [1.54, 1.807) is 0 Å². The van der Waals surface area contributed by atoms with Gasteiger partial charge in [-0.3, -0.25) is 4.90 Å². The average molecular weight is 267 g/mol. The molecule has 3 nitrogen and oxygen atoms in total. The van der Waals surface area contributed by atoms with Crippen molar-refractivity contribution in [1.29, 1.82) is 0 Å². The molecule has 0 aromatic heterocycles. The van der Waals surface area contributed by atoms with Crippen LogP contribution in [0.3, 0.4) is 0 Å². The van der Waals surface area contributed by atoms with Gasteiger partial charge in [-0.1, -0.05) is 19.3 Å². The molecular formula is C14H25N3S. The lowest BCUT2D eigenvalue weighted by atomic mass is 10.00. The lowest BCUT2D eigenvalue weighted by Crippen LogP contribution is -2.58. The Morgan fingerprint density at radius 3 is 2.56 bits per heavy atom. The van der Waals surface area contributed by atoms with E-state index in [9.17, 15) is 0 Å². The summed E-state index contributed by atoms with van der Waals surface area (Å²) in [5.41, 5.74) is 0. The minimum absolute atomic E-state index is 0.655. The van der Waals surface area contributed by atoms with Gasteiger partial charge in [0.1, 0.15) is 0 Å². The summed E-state index contributed by atoms with van der Waals surface area (Å²) in [5.74, 6) is 0. The van der Waals surface area contributed by atoms with Crippen LogP contribution in [-0.4, -0.2) is 53.2 Å². The van der Waals surface area contributed by atoms with Gasteiger partial charge in [0.05, 0.1) is 0 Å². The van der Waals surface area contributed by atoms with Crippen LogP contribution in [0.2, 0.25) is 0 Å². The van der Waals surface area contributed by atoms with Gasteiger partial charge in [0.2, 0.25) is 0 Å². The average Bonchev–Trinajstić information content (AvgIpc) is 2.91. The monoisotopic (exact) mass is 267 g/mol. The van der Waals surface area contributed by atoms with E-state index in [2.05, 4.69) is 15.1 Å². The zero-order valence-corrected chi connectivity index (χ0v) is 12.1. The van der Waals surface area contributed by atoms with Crippen molar-refractivity contribution in [2.75, 3.05) is 26.2 Å². The highest BCUT2D eigenvalue weighted by Crippen LogP contribution is 2.22. The topological polar surface area (TPSA) is 18.5 Å². The molecule has 3 rings (SSSR count). The van der Waals surface area contributed by atoms with Crippen LogP contribution in [0.15, 0.2) is 0 Å². The molecule has 102 valence electrons. The molecule has 2 heterocycles. The van der Waals surface area contributed by atoms with Gasteiger partial charge < -0.3 is 10.2 Å². The van der Waals surface area contributed by atoms with Crippen LogP contribution in [0, 0.1) is 0 Å². The van der Waals surface area contributed by atoms with E-state index in [1.165, 1.54) is 58.0 Å². The molecule has 0 spiro atoms. The number of piperidine rings is 1. The highest BCUT2D eigenvalue weighted by atomic mass is 32.1. The van der Waals surface area contributed by atoms with E-state index in [4.69, 9.17) is 12.2 Å². The maximum Gasteiger partial charge on any atom is 0.169 e. The lowest BCUT2D eigenvalue weighted by molar-refractivity contribution is 0.0795. The van der Waals surface area contributed by atoms with Crippen LogP contribution in [0.4, 0.5) is 0 Å². The predicted molar refractivity (Wildman–Crippen MR) is 78.8 cm³/mol. The third kappa shape index (κ3) is 2.80. The zero-order valence-electron chi connectivity index (χ0n) is 11.2. The number of thiocarbonyl (C=S) groups is 1. The molecule has 0 aromatic carbocycles. The first kappa shape index (κ1) is 12.7. The van der Waals surface area contributed by atoms with Gasteiger partial charge in [0.25, 0.3) is 0 Å². The fraction of sp³-hybridized carbons (Fsp3) is 0.929. The van der Waals surface area contributed by atoms with Crippen LogP contribution < -0.4 is 5.32 Å². The Balaban J connectivity index is 1.51. The molecule has 0 radical (unpaired) electrons. The number of nitrogens with one attached hydrogen (secondary N) is 1. The van der Waals surface area contributed by atoms with E-state index in [-0.39, 0.29) is 0 Å². The molecule has 3 fully saturated rings. The largest absolute Gasteiger partial charge is 0.360 e. The van der Waals surface area contributed by atoms with Crippen molar-refractivity contribution < 1.29 is 0 Å². The van der Waals surface area contributed by atoms with E-state index >= 15 is 0 Å². The normalized spacial score (nSPS) is 30.2. The summed E-state index contributed by atoms with van der Waals surface area (Å²) < 4.78 is 0. The second kappa shape index (κ2) is 5.74. The van der Waals surface area contributed by atoms with Crippen LogP contribution in [0.5, 0.6) is 0 Å². The van der Waals surface area contributed by atoms with E-state index in [0.717, 1.165) is 24.2 Å². The molecule has 1 N–H and O–H groups in total. The van der Waals surface area contributed by atoms with E-state index in [0.29, 0.717) is 6.04 Å². The number of piperazine rings is 1. The Bertz CT molecular complexity index is 301. The Kier molecular flexibility index (Phi) is 4.04. The summed E-state index contributed by atoms with van der Waals surface area (Å²) in [6.45, 7) is 4.78. The minimum Gasteiger partial charge on any atom is -0.360 e. The van der Waals surface area contributed by atoms with Crippen molar-refractivity contribution in [1.82, 2.24) is 15.1 Å². The number of rotatable bonds is 1. The Labute approximate surface area is 116 Å². The molecule has 0 amide bonds. The first-order valence-electron chi connectivity index (χ1n) is 7.62. The van der Waals surface area contributed by atoms with Crippen LogP contribution in [0.25, 0.3) is 0 Å². The van der Waals surface area contributed by atoms with Crippen LogP contribution in [-0.2, 0) is 0 Å². The number of hydrogen-bond acceptors (Lipinski definition) is 2. The molecule has 0 aromatic rings. The number of fused-ring (bicyclic) bond motifs is 1. The summed E-state index contributed by atoms with van der Waals surface area (Å²) >= 11 is 5.60. The van der Waals surface area contributed by atoms with Gasteiger partial charge in [0, 0.05) is 31.7 Å². The fourth-order valence-corrected chi connectivity index (χ4v) is 4.01. The van der Waals surface area contributed by atoms with E-state index in [1.807, 2.05) is 0 Å². The van der Waals surface area contributed by atoms with Crippen molar-refractivity contribution in [3.63, 3.8) is 0 Å². The zero-order chi connectivity index (χ0) is 12.4. The van der Waals surface area contributed by atoms with Crippen molar-refractivity contribution in [2.45, 2.75) is 57.0 Å². The molecular weight excluding hydrogens is 242 g/mol. The highest BCUT2D eigenvalue weighted by molar-refractivity contribution is 7.80. The smallest absolute Gasteiger partial charge is 0.169 e. The second-order valence-corrected chi connectivity index (χ2v) is 6.45. The van der Waals surface area contributed by atoms with Gasteiger partial charge in [-0.05, 0) is 44.4 Å². The molecule has 2 aliphatic heterocycles. The summed E-state index contributed by atoms with van der Waals surface area (Å²) in [5, 5.41) is 4.60. The minimum atomic E-state index is 0.655. The summed E-state index contributed by atoms with van der Waals surface area (Å²) in [6, 6.07) is 1.41. The molecule has 2 saturated heterocycles. The van der Waals surface area contributed by atoms with Crippen molar-refractivity contribution in [3.8, 4) is 0 Å². The van der Waals surface area contributed by atoms with Gasteiger partial charge in [-0.15, -0.1) is 0 Å². The molecule has 1 atom stereocenters. The molecule has 1 aliphatic carbocycles. The van der Waals surface area contributed by atoms with Gasteiger partial charge >= 0.3 is 0 Å². The molecule has 1 saturated carbocycles. The molecule has 0 bridgehead atoms. The quantitative estimate of drug-likeness (QED) is 0.732. The first-order chi connectivity index (χ1) is 8.83. The highest BCUT2D eigenvalue weighted by Gasteiger charge is 2.30. The Hall–Kier alpha value is -0.350. The maximum absolute atomic E-state index is 5.60. The third-order valence-corrected chi connectivity index (χ3v) is 5.18. The molecule has 4 heteroatoms. The molecule has 18 heavy (non-hydrogen) atoms. The lowest BCUT2D eigenvalue weighted by Gasteiger charge is -2.45. The van der Waals surface area contributed by atoms with Crippen LogP contribution in [0.1, 0.15) is 44.9 Å². The van der Waals surface area contributed by atoms with Crippen molar-refractivity contribution in [2.24, 2.45) is 0 Å². The Morgan fingerprint density at radius 1 is 0.944 bits per heavy atom. The predicted octanol–water partition coefficient (Wildman–Crippen LogP) is 1.97. The van der Waals surface area contributed by atoms with Crippen molar-refractivity contribution >= 4 is 17.3 Å². The number of hydrogen-bond donors (Lipinski definition) is 1.